The van der Waals surface area contributed by atoms with Gasteiger partial charge in [0, 0.05) is 30.2 Å². The van der Waals surface area contributed by atoms with Crippen LogP contribution in [-0.2, 0) is 16.1 Å². The normalized spacial score (nSPS) is 17.0. The molecule has 3 rings (SSSR count). The van der Waals surface area contributed by atoms with Crippen LogP contribution >= 0.6 is 23.2 Å². The number of nitrogens with one attached hydrogen (secondary N) is 1. The first-order valence-electron chi connectivity index (χ1n) is 7.71. The van der Waals surface area contributed by atoms with E-state index in [1.165, 1.54) is 23.1 Å². The van der Waals surface area contributed by atoms with Crippen molar-refractivity contribution in [1.29, 1.82) is 0 Å². The van der Waals surface area contributed by atoms with Crippen LogP contribution in [0.1, 0.15) is 12.0 Å². The molecule has 1 N–H and O–H groups in total. The Kier molecular flexibility index (Phi) is 5.25. The maximum Gasteiger partial charge on any atom is 0.227 e. The van der Waals surface area contributed by atoms with Gasteiger partial charge in [-0.1, -0.05) is 35.3 Å². The van der Waals surface area contributed by atoms with E-state index in [4.69, 9.17) is 23.2 Å². The van der Waals surface area contributed by atoms with E-state index in [1.54, 1.807) is 12.1 Å². The molecule has 7 heteroatoms. The number of carbonyl (C=O) groups is 2. The predicted molar refractivity (Wildman–Crippen MR) is 95.2 cm³/mol. The van der Waals surface area contributed by atoms with Crippen LogP contribution in [0.5, 0.6) is 0 Å². The molecule has 1 saturated heterocycles. The number of amides is 2. The van der Waals surface area contributed by atoms with E-state index >= 15 is 0 Å². The zero-order valence-electron chi connectivity index (χ0n) is 13.1. The Labute approximate surface area is 154 Å². The van der Waals surface area contributed by atoms with Crippen molar-refractivity contribution in [2.45, 2.75) is 13.0 Å². The molecule has 0 aromatic heterocycles. The smallest absolute Gasteiger partial charge is 0.227 e. The summed E-state index contributed by atoms with van der Waals surface area (Å²) in [6.07, 6.45) is 0.113. The fraction of sp³-hybridized carbons (Fsp3) is 0.222. The number of hydrogen-bond acceptors (Lipinski definition) is 2. The average Bonchev–Trinajstić information content (AvgIpc) is 2.98. The molecule has 2 amide bonds. The number of hydrogen-bond donors (Lipinski definition) is 1. The lowest BCUT2D eigenvalue weighted by Gasteiger charge is -2.17. The fourth-order valence-electron chi connectivity index (χ4n) is 2.72. The Balaban J connectivity index is 1.62. The molecule has 0 radical (unpaired) electrons. The summed E-state index contributed by atoms with van der Waals surface area (Å²) in [4.78, 5) is 26.0. The lowest BCUT2D eigenvalue weighted by atomic mass is 10.1. The monoisotopic (exact) mass is 380 g/mol. The molecule has 130 valence electrons. The van der Waals surface area contributed by atoms with Crippen LogP contribution in [0, 0.1) is 11.7 Å². The van der Waals surface area contributed by atoms with E-state index in [1.807, 2.05) is 12.1 Å². The van der Waals surface area contributed by atoms with Crippen LogP contribution in [0.2, 0.25) is 10.0 Å². The van der Waals surface area contributed by atoms with E-state index in [9.17, 15) is 14.0 Å². The Morgan fingerprint density at radius 2 is 1.92 bits per heavy atom. The lowest BCUT2D eigenvalue weighted by molar-refractivity contribution is -0.126. The molecule has 25 heavy (non-hydrogen) atoms. The highest BCUT2D eigenvalue weighted by atomic mass is 35.5. The summed E-state index contributed by atoms with van der Waals surface area (Å²) in [6.45, 7) is 0.607. The van der Waals surface area contributed by atoms with Crippen molar-refractivity contribution < 1.29 is 14.0 Å². The van der Waals surface area contributed by atoms with Gasteiger partial charge in [0.2, 0.25) is 11.8 Å². The molecule has 2 aromatic carbocycles. The molecule has 1 atom stereocenters. The van der Waals surface area contributed by atoms with Crippen molar-refractivity contribution in [3.8, 4) is 0 Å². The molecule has 0 spiro atoms. The van der Waals surface area contributed by atoms with Crippen molar-refractivity contribution in [2.24, 2.45) is 5.92 Å². The van der Waals surface area contributed by atoms with Crippen molar-refractivity contribution in [1.82, 2.24) is 5.32 Å². The molecule has 1 aliphatic rings. The Morgan fingerprint density at radius 1 is 1.20 bits per heavy atom. The van der Waals surface area contributed by atoms with Gasteiger partial charge < -0.3 is 10.2 Å². The van der Waals surface area contributed by atoms with Gasteiger partial charge in [0.05, 0.1) is 10.9 Å². The van der Waals surface area contributed by atoms with Gasteiger partial charge in [0.15, 0.2) is 0 Å². The first-order chi connectivity index (χ1) is 11.9. The second-order valence-corrected chi connectivity index (χ2v) is 6.69. The van der Waals surface area contributed by atoms with Crippen molar-refractivity contribution in [3.63, 3.8) is 0 Å². The minimum atomic E-state index is -0.547. The Morgan fingerprint density at radius 3 is 2.60 bits per heavy atom. The number of benzene rings is 2. The second kappa shape index (κ2) is 7.42. The molecule has 1 fully saturated rings. The molecular formula is C18H15Cl2FN2O2. The van der Waals surface area contributed by atoms with Crippen LogP contribution in [0.4, 0.5) is 10.1 Å². The molecule has 1 aliphatic heterocycles. The predicted octanol–water partition coefficient (Wildman–Crippen LogP) is 3.80. The van der Waals surface area contributed by atoms with E-state index in [-0.39, 0.29) is 29.8 Å². The zero-order valence-corrected chi connectivity index (χ0v) is 14.6. The van der Waals surface area contributed by atoms with Gasteiger partial charge in [0.25, 0.3) is 0 Å². The van der Waals surface area contributed by atoms with Gasteiger partial charge in [-0.2, -0.15) is 0 Å². The fourth-order valence-corrected chi connectivity index (χ4v) is 3.02. The van der Waals surface area contributed by atoms with E-state index in [0.717, 1.165) is 5.56 Å². The third kappa shape index (κ3) is 4.11. The van der Waals surface area contributed by atoms with Crippen LogP contribution in [-0.4, -0.2) is 18.4 Å². The summed E-state index contributed by atoms with van der Waals surface area (Å²) in [5, 5.41) is 3.40. The van der Waals surface area contributed by atoms with Crippen LogP contribution in [0.15, 0.2) is 42.5 Å². The van der Waals surface area contributed by atoms with E-state index in [2.05, 4.69) is 5.32 Å². The van der Waals surface area contributed by atoms with Gasteiger partial charge in [-0.25, -0.2) is 4.39 Å². The Hall–Kier alpha value is -2.11. The lowest BCUT2D eigenvalue weighted by Crippen LogP contribution is -2.32. The van der Waals surface area contributed by atoms with Crippen LogP contribution in [0.3, 0.4) is 0 Å². The maximum absolute atomic E-state index is 13.3. The summed E-state index contributed by atoms with van der Waals surface area (Å²) < 4.78 is 13.3. The number of anilines is 1. The third-order valence-corrected chi connectivity index (χ3v) is 4.63. The first kappa shape index (κ1) is 17.7. The summed E-state index contributed by atoms with van der Waals surface area (Å²) in [7, 11) is 0. The summed E-state index contributed by atoms with van der Waals surface area (Å²) in [5.74, 6) is -1.38. The minimum Gasteiger partial charge on any atom is -0.352 e. The molecule has 0 bridgehead atoms. The second-order valence-electron chi connectivity index (χ2n) is 5.85. The first-order valence-corrected chi connectivity index (χ1v) is 8.47. The molecule has 1 heterocycles. The highest BCUT2D eigenvalue weighted by Crippen LogP contribution is 2.28. The molecule has 0 saturated carbocycles. The van der Waals surface area contributed by atoms with E-state index < -0.39 is 11.7 Å². The van der Waals surface area contributed by atoms with Crippen molar-refractivity contribution in [3.05, 3.63) is 63.9 Å². The van der Waals surface area contributed by atoms with Gasteiger partial charge in [-0.15, -0.1) is 0 Å². The zero-order chi connectivity index (χ0) is 18.0. The SMILES string of the molecule is O=C(NCc1ccc(Cl)cc1)[C@H]1CC(=O)N(c2ccc(F)c(Cl)c2)C1. The third-order valence-electron chi connectivity index (χ3n) is 4.09. The number of carbonyl (C=O) groups excluding carboxylic acids is 2. The summed E-state index contributed by atoms with van der Waals surface area (Å²) >= 11 is 11.6. The number of halogens is 3. The molecule has 0 unspecified atom stereocenters. The minimum absolute atomic E-state index is 0.0547. The van der Waals surface area contributed by atoms with Gasteiger partial charge >= 0.3 is 0 Å². The maximum atomic E-state index is 13.3. The summed E-state index contributed by atoms with van der Waals surface area (Å²) in [5.41, 5.74) is 1.41. The van der Waals surface area contributed by atoms with Crippen LogP contribution in [0.25, 0.3) is 0 Å². The molecule has 2 aromatic rings. The number of rotatable bonds is 4. The van der Waals surface area contributed by atoms with Gasteiger partial charge in [0.1, 0.15) is 5.82 Å². The van der Waals surface area contributed by atoms with Crippen LogP contribution < -0.4 is 10.2 Å². The van der Waals surface area contributed by atoms with Crippen molar-refractivity contribution in [2.75, 3.05) is 11.4 Å². The van der Waals surface area contributed by atoms with Crippen molar-refractivity contribution >= 4 is 40.7 Å². The van der Waals surface area contributed by atoms with Gasteiger partial charge in [-0.3, -0.25) is 9.59 Å². The highest BCUT2D eigenvalue weighted by Gasteiger charge is 2.35. The molecule has 4 nitrogen and oxygen atoms in total. The molecule has 0 aliphatic carbocycles. The van der Waals surface area contributed by atoms with Gasteiger partial charge in [-0.05, 0) is 35.9 Å². The average molecular weight is 381 g/mol. The standard InChI is InChI=1S/C18H15Cl2FN2O2/c19-13-3-1-11(2-4-13)9-22-18(25)12-7-17(24)23(10-12)14-5-6-16(21)15(20)8-14/h1-6,8,12H,7,9-10H2,(H,22,25)/t12-/m0/s1. The molecular weight excluding hydrogens is 366 g/mol. The number of nitrogens with zero attached hydrogens (tertiary/aromatic N) is 1. The topological polar surface area (TPSA) is 49.4 Å². The summed E-state index contributed by atoms with van der Waals surface area (Å²) in [6, 6.07) is 11.2. The largest absolute Gasteiger partial charge is 0.352 e. The Bertz CT molecular complexity index is 811. The highest BCUT2D eigenvalue weighted by molar-refractivity contribution is 6.31. The quantitative estimate of drug-likeness (QED) is 0.876. The van der Waals surface area contributed by atoms with E-state index in [0.29, 0.717) is 17.3 Å².